The van der Waals surface area contributed by atoms with Gasteiger partial charge in [0.2, 0.25) is 0 Å². The molecule has 4 aliphatic rings. The first-order valence-corrected chi connectivity index (χ1v) is 16.6. The summed E-state index contributed by atoms with van der Waals surface area (Å²) in [7, 11) is 0. The van der Waals surface area contributed by atoms with Gasteiger partial charge in [-0.05, 0) is 32.6 Å². The summed E-state index contributed by atoms with van der Waals surface area (Å²) >= 11 is 0. The highest BCUT2D eigenvalue weighted by molar-refractivity contribution is 5.73. The summed E-state index contributed by atoms with van der Waals surface area (Å²) in [6.07, 6.45) is -13.9. The lowest BCUT2D eigenvalue weighted by atomic mass is 9.85. The summed E-state index contributed by atoms with van der Waals surface area (Å²) in [6.45, 7) is 2.92. The van der Waals surface area contributed by atoms with Crippen molar-refractivity contribution in [2.75, 3.05) is 26.3 Å². The number of aliphatic hydroxyl groups is 6. The number of carboxylic acid groups (broad SMARTS) is 1. The summed E-state index contributed by atoms with van der Waals surface area (Å²) in [6, 6.07) is -0.481. The van der Waals surface area contributed by atoms with Crippen molar-refractivity contribution in [1.82, 2.24) is 10.6 Å². The molecular formula is C30H52N2O15. The molecule has 0 aromatic rings. The third kappa shape index (κ3) is 9.70. The zero-order valence-corrected chi connectivity index (χ0v) is 26.8. The van der Waals surface area contributed by atoms with Crippen LogP contribution in [-0.4, -0.2) is 160 Å². The first-order valence-electron chi connectivity index (χ1n) is 16.6. The number of aliphatic hydroxyl groups excluding tert-OH is 6. The number of carboxylic acids is 1. The van der Waals surface area contributed by atoms with E-state index in [-0.39, 0.29) is 31.9 Å². The number of ether oxygens (including phenoxy) is 6. The number of hydrogen-bond donors (Lipinski definition) is 9. The van der Waals surface area contributed by atoms with Crippen LogP contribution in [0.4, 0.5) is 4.79 Å². The van der Waals surface area contributed by atoms with E-state index in [0.717, 1.165) is 32.1 Å². The smallest absolute Gasteiger partial charge is 0.332 e. The Balaban J connectivity index is 1.53. The van der Waals surface area contributed by atoms with E-state index in [1.807, 2.05) is 0 Å². The van der Waals surface area contributed by atoms with Gasteiger partial charge in [0.1, 0.15) is 54.9 Å². The summed E-state index contributed by atoms with van der Waals surface area (Å²) < 4.78 is 35.4. The van der Waals surface area contributed by atoms with Gasteiger partial charge >= 0.3 is 12.0 Å². The van der Waals surface area contributed by atoms with Crippen molar-refractivity contribution in [1.29, 1.82) is 0 Å². The van der Waals surface area contributed by atoms with E-state index >= 15 is 0 Å². The molecule has 0 aromatic heterocycles. The van der Waals surface area contributed by atoms with E-state index in [4.69, 9.17) is 28.4 Å². The SMILES string of the molecule is CCNC(=O)NCC1OCCC(OC2OC(CO)C(O)C(OC(CC3CCCCC3)C(=O)O)C2O)C1OC1OC(C)C(O)C(O)C1O. The Labute approximate surface area is 273 Å². The van der Waals surface area contributed by atoms with Crippen LogP contribution in [0, 0.1) is 5.92 Å². The Morgan fingerprint density at radius 1 is 0.830 bits per heavy atom. The van der Waals surface area contributed by atoms with Crippen LogP contribution in [0.2, 0.25) is 0 Å². The molecule has 17 heteroatoms. The summed E-state index contributed by atoms with van der Waals surface area (Å²) in [5, 5.41) is 78.6. The molecule has 1 saturated carbocycles. The van der Waals surface area contributed by atoms with Crippen LogP contribution in [0.3, 0.4) is 0 Å². The quantitative estimate of drug-likeness (QED) is 0.101. The highest BCUT2D eigenvalue weighted by Gasteiger charge is 2.51. The molecule has 272 valence electrons. The van der Waals surface area contributed by atoms with Crippen LogP contribution in [0.1, 0.15) is 58.8 Å². The molecular weight excluding hydrogens is 628 g/mol. The standard InChI is InChI=1S/C30H52N2O15/c1-3-31-30(41)32-12-18-25(47-28-23(37)22(36)20(34)14(2)43-28)16(9-10-42-18)45-29-24(38)26(21(35)19(13-33)46-29)44-17(27(39)40)11-15-7-5-4-6-8-15/h14-26,28-29,33-38H,3-13H2,1-2H3,(H,39,40)(H2,31,32,41). The number of nitrogens with one attached hydrogen (secondary N) is 2. The maximum Gasteiger partial charge on any atom is 0.332 e. The molecule has 9 N–H and O–H groups in total. The van der Waals surface area contributed by atoms with E-state index in [0.29, 0.717) is 6.54 Å². The molecule has 14 atom stereocenters. The van der Waals surface area contributed by atoms with Crippen LogP contribution in [-0.2, 0) is 33.2 Å². The number of amides is 2. The van der Waals surface area contributed by atoms with Crippen LogP contribution >= 0.6 is 0 Å². The number of urea groups is 1. The minimum atomic E-state index is -1.70. The average molecular weight is 681 g/mol. The molecule has 47 heavy (non-hydrogen) atoms. The Bertz CT molecular complexity index is 989. The fourth-order valence-electron chi connectivity index (χ4n) is 6.66. The largest absolute Gasteiger partial charge is 0.479 e. The predicted molar refractivity (Wildman–Crippen MR) is 159 cm³/mol. The molecule has 0 aromatic carbocycles. The summed E-state index contributed by atoms with van der Waals surface area (Å²) in [5.41, 5.74) is 0. The molecule has 14 unspecified atom stereocenters. The fraction of sp³-hybridized carbons (Fsp3) is 0.933. The highest BCUT2D eigenvalue weighted by atomic mass is 16.7. The lowest BCUT2D eigenvalue weighted by Crippen LogP contribution is -2.64. The van der Waals surface area contributed by atoms with Gasteiger partial charge in [0.15, 0.2) is 18.7 Å². The van der Waals surface area contributed by atoms with E-state index in [9.17, 15) is 45.3 Å². The Morgan fingerprint density at radius 2 is 1.53 bits per heavy atom. The van der Waals surface area contributed by atoms with Crippen molar-refractivity contribution in [3.63, 3.8) is 0 Å². The minimum Gasteiger partial charge on any atom is -0.479 e. The van der Waals surface area contributed by atoms with Crippen molar-refractivity contribution < 1.29 is 73.8 Å². The molecule has 4 rings (SSSR count). The maximum absolute atomic E-state index is 12.2. The second-order valence-electron chi connectivity index (χ2n) is 12.8. The molecule has 0 bridgehead atoms. The number of aliphatic carboxylic acids is 1. The maximum atomic E-state index is 12.2. The van der Waals surface area contributed by atoms with Crippen LogP contribution < -0.4 is 10.6 Å². The third-order valence-corrected chi connectivity index (χ3v) is 9.37. The molecule has 3 aliphatic heterocycles. The van der Waals surface area contributed by atoms with Crippen molar-refractivity contribution in [3.8, 4) is 0 Å². The van der Waals surface area contributed by atoms with Gasteiger partial charge in [-0.2, -0.15) is 0 Å². The van der Waals surface area contributed by atoms with Gasteiger partial charge < -0.3 is 74.8 Å². The molecule has 2 amide bonds. The zero-order valence-electron chi connectivity index (χ0n) is 26.8. The third-order valence-electron chi connectivity index (χ3n) is 9.37. The van der Waals surface area contributed by atoms with Crippen LogP contribution in [0.25, 0.3) is 0 Å². The van der Waals surface area contributed by atoms with Gasteiger partial charge in [-0.25, -0.2) is 9.59 Å². The lowest BCUT2D eigenvalue weighted by Gasteiger charge is -2.47. The second kappa shape index (κ2) is 17.8. The van der Waals surface area contributed by atoms with Crippen LogP contribution in [0.15, 0.2) is 0 Å². The van der Waals surface area contributed by atoms with E-state index in [2.05, 4.69) is 10.6 Å². The first kappa shape index (κ1) is 38.1. The van der Waals surface area contributed by atoms with Gasteiger partial charge in [0.05, 0.1) is 18.8 Å². The number of rotatable bonds is 13. The average Bonchev–Trinajstić information content (AvgIpc) is 3.05. The highest BCUT2D eigenvalue weighted by Crippen LogP contribution is 2.34. The van der Waals surface area contributed by atoms with Gasteiger partial charge in [-0.15, -0.1) is 0 Å². The first-order chi connectivity index (χ1) is 22.4. The van der Waals surface area contributed by atoms with Crippen molar-refractivity contribution in [2.45, 2.75) is 145 Å². The van der Waals surface area contributed by atoms with Crippen molar-refractivity contribution in [3.05, 3.63) is 0 Å². The Kier molecular flexibility index (Phi) is 14.4. The zero-order chi connectivity index (χ0) is 34.2. The molecule has 3 saturated heterocycles. The molecule has 0 spiro atoms. The van der Waals surface area contributed by atoms with Crippen molar-refractivity contribution >= 4 is 12.0 Å². The van der Waals surface area contributed by atoms with E-state index < -0.39 is 104 Å². The number of carbonyl (C=O) groups is 2. The predicted octanol–water partition coefficient (Wildman–Crippen LogP) is -2.06. The van der Waals surface area contributed by atoms with Gasteiger partial charge in [-0.3, -0.25) is 0 Å². The van der Waals surface area contributed by atoms with Gasteiger partial charge in [0, 0.05) is 19.7 Å². The minimum absolute atomic E-state index is 0.0842. The molecule has 3 heterocycles. The topological polar surface area (TPSA) is 255 Å². The summed E-state index contributed by atoms with van der Waals surface area (Å²) in [4.78, 5) is 24.4. The normalized spacial score (nSPS) is 40.8. The Morgan fingerprint density at radius 3 is 2.19 bits per heavy atom. The van der Waals surface area contributed by atoms with E-state index in [1.54, 1.807) is 6.92 Å². The summed E-state index contributed by atoms with van der Waals surface area (Å²) in [5.74, 6) is -1.13. The molecule has 0 radical (unpaired) electrons. The van der Waals surface area contributed by atoms with Gasteiger partial charge in [-0.1, -0.05) is 32.1 Å². The molecule has 17 nitrogen and oxygen atoms in total. The lowest BCUT2D eigenvalue weighted by molar-refractivity contribution is -0.355. The Hall–Kier alpha value is -1.74. The van der Waals surface area contributed by atoms with Crippen molar-refractivity contribution in [2.24, 2.45) is 5.92 Å². The monoisotopic (exact) mass is 680 g/mol. The molecule has 4 fully saturated rings. The number of hydrogen-bond acceptors (Lipinski definition) is 14. The van der Waals surface area contributed by atoms with Gasteiger partial charge in [0.25, 0.3) is 0 Å². The van der Waals surface area contributed by atoms with Crippen LogP contribution in [0.5, 0.6) is 0 Å². The molecule has 1 aliphatic carbocycles. The fourth-order valence-corrected chi connectivity index (χ4v) is 6.66. The number of carbonyl (C=O) groups excluding carboxylic acids is 1. The second-order valence-corrected chi connectivity index (χ2v) is 12.8. The van der Waals surface area contributed by atoms with E-state index in [1.165, 1.54) is 6.92 Å².